The number of benzene rings is 1. The van der Waals surface area contributed by atoms with Crippen LogP contribution < -0.4 is 10.1 Å². The van der Waals surface area contributed by atoms with E-state index in [1.54, 1.807) is 7.11 Å². The molecule has 0 amide bonds. The molecule has 1 aliphatic rings. The van der Waals surface area contributed by atoms with E-state index in [4.69, 9.17) is 4.74 Å². The van der Waals surface area contributed by atoms with Crippen LogP contribution >= 0.6 is 15.9 Å². The van der Waals surface area contributed by atoms with Crippen molar-refractivity contribution in [2.45, 2.75) is 30.6 Å². The van der Waals surface area contributed by atoms with Gasteiger partial charge in [-0.05, 0) is 37.5 Å². The largest absolute Gasteiger partial charge is 0.495 e. The number of anilines is 1. The number of sulfone groups is 1. The Labute approximate surface area is 122 Å². The van der Waals surface area contributed by atoms with Gasteiger partial charge >= 0.3 is 0 Å². The predicted molar refractivity (Wildman–Crippen MR) is 80.6 cm³/mol. The summed E-state index contributed by atoms with van der Waals surface area (Å²) in [6, 6.07) is 5.62. The maximum absolute atomic E-state index is 11.8. The zero-order chi connectivity index (χ0) is 14.0. The zero-order valence-corrected chi connectivity index (χ0v) is 13.4. The van der Waals surface area contributed by atoms with E-state index >= 15 is 0 Å². The number of hydrogen-bond donors (Lipinski definition) is 1. The van der Waals surface area contributed by atoms with Gasteiger partial charge in [-0.1, -0.05) is 15.9 Å². The van der Waals surface area contributed by atoms with Crippen LogP contribution in [0.5, 0.6) is 5.75 Å². The Hall–Kier alpha value is -0.750. The van der Waals surface area contributed by atoms with Crippen LogP contribution in [0.25, 0.3) is 0 Å². The number of methoxy groups -OCH3 is 1. The molecular weight excluding hydrogens is 330 g/mol. The van der Waals surface area contributed by atoms with E-state index in [9.17, 15) is 8.42 Å². The third-order valence-electron chi connectivity index (χ3n) is 3.50. The van der Waals surface area contributed by atoms with Gasteiger partial charge in [-0.15, -0.1) is 0 Å². The van der Waals surface area contributed by atoms with Gasteiger partial charge in [0, 0.05) is 16.8 Å². The second-order valence-electron chi connectivity index (χ2n) is 4.89. The van der Waals surface area contributed by atoms with Gasteiger partial charge in [0.2, 0.25) is 0 Å². The van der Waals surface area contributed by atoms with Crippen LogP contribution in [0, 0.1) is 0 Å². The van der Waals surface area contributed by atoms with Crippen LogP contribution in [-0.2, 0) is 9.84 Å². The molecule has 19 heavy (non-hydrogen) atoms. The molecule has 1 N–H and O–H groups in total. The SMILES string of the molecule is COc1ccc(Br)cc1NC1CCCC1S(C)(=O)=O. The van der Waals surface area contributed by atoms with Crippen molar-refractivity contribution in [1.29, 1.82) is 0 Å². The summed E-state index contributed by atoms with van der Waals surface area (Å²) >= 11 is 3.42. The van der Waals surface area contributed by atoms with Gasteiger partial charge in [0.1, 0.15) is 5.75 Å². The highest BCUT2D eigenvalue weighted by atomic mass is 79.9. The Morgan fingerprint density at radius 3 is 2.74 bits per heavy atom. The molecule has 0 aliphatic heterocycles. The summed E-state index contributed by atoms with van der Waals surface area (Å²) in [7, 11) is -1.41. The molecule has 0 radical (unpaired) electrons. The Morgan fingerprint density at radius 1 is 1.37 bits per heavy atom. The van der Waals surface area contributed by atoms with Gasteiger partial charge in [-0.3, -0.25) is 0 Å². The fourth-order valence-corrected chi connectivity index (χ4v) is 4.35. The molecule has 0 bridgehead atoms. The lowest BCUT2D eigenvalue weighted by molar-refractivity contribution is 0.416. The first-order chi connectivity index (χ1) is 8.91. The smallest absolute Gasteiger partial charge is 0.152 e. The summed E-state index contributed by atoms with van der Waals surface area (Å²) < 4.78 is 29.8. The average Bonchev–Trinajstić information content (AvgIpc) is 2.77. The lowest BCUT2D eigenvalue weighted by Gasteiger charge is -2.22. The van der Waals surface area contributed by atoms with Crippen molar-refractivity contribution in [3.8, 4) is 5.75 Å². The van der Waals surface area contributed by atoms with Crippen molar-refractivity contribution in [2.24, 2.45) is 0 Å². The topological polar surface area (TPSA) is 55.4 Å². The Morgan fingerprint density at radius 2 is 2.11 bits per heavy atom. The van der Waals surface area contributed by atoms with Crippen LogP contribution in [0.4, 0.5) is 5.69 Å². The molecule has 2 atom stereocenters. The van der Waals surface area contributed by atoms with E-state index in [2.05, 4.69) is 21.2 Å². The molecule has 1 aromatic rings. The van der Waals surface area contributed by atoms with Crippen LogP contribution in [0.15, 0.2) is 22.7 Å². The van der Waals surface area contributed by atoms with Crippen molar-refractivity contribution in [1.82, 2.24) is 0 Å². The van der Waals surface area contributed by atoms with E-state index in [1.165, 1.54) is 6.26 Å². The average molecular weight is 348 g/mol. The number of ether oxygens (including phenoxy) is 1. The maximum Gasteiger partial charge on any atom is 0.152 e. The summed E-state index contributed by atoms with van der Waals surface area (Å²) in [5.74, 6) is 0.724. The van der Waals surface area contributed by atoms with E-state index in [1.807, 2.05) is 18.2 Å². The van der Waals surface area contributed by atoms with Crippen molar-refractivity contribution in [3.05, 3.63) is 22.7 Å². The molecule has 2 unspecified atom stereocenters. The minimum absolute atomic E-state index is 0.0433. The molecule has 6 heteroatoms. The molecule has 106 valence electrons. The highest BCUT2D eigenvalue weighted by molar-refractivity contribution is 9.10. The molecule has 1 fully saturated rings. The first-order valence-corrected chi connectivity index (χ1v) is 8.95. The molecule has 4 nitrogen and oxygen atoms in total. The summed E-state index contributed by atoms with van der Waals surface area (Å²) in [6.07, 6.45) is 3.85. The molecule has 2 rings (SSSR count). The molecule has 0 aromatic heterocycles. The quantitative estimate of drug-likeness (QED) is 0.909. The number of hydrogen-bond acceptors (Lipinski definition) is 4. The Kier molecular flexibility index (Phi) is 4.40. The first-order valence-electron chi connectivity index (χ1n) is 6.21. The highest BCUT2D eigenvalue weighted by Crippen LogP contribution is 2.33. The second-order valence-corrected chi connectivity index (χ2v) is 8.07. The van der Waals surface area contributed by atoms with Crippen LogP contribution in [0.2, 0.25) is 0 Å². The van der Waals surface area contributed by atoms with Gasteiger partial charge in [0.05, 0.1) is 18.0 Å². The molecule has 0 saturated heterocycles. The Balaban J connectivity index is 2.23. The van der Waals surface area contributed by atoms with E-state index in [0.717, 1.165) is 35.2 Å². The van der Waals surface area contributed by atoms with Gasteiger partial charge in [-0.25, -0.2) is 8.42 Å². The van der Waals surface area contributed by atoms with Gasteiger partial charge in [-0.2, -0.15) is 0 Å². The molecular formula is C13H18BrNO3S. The zero-order valence-electron chi connectivity index (χ0n) is 11.0. The first kappa shape index (κ1) is 14.7. The highest BCUT2D eigenvalue weighted by Gasteiger charge is 2.35. The van der Waals surface area contributed by atoms with Crippen molar-refractivity contribution in [3.63, 3.8) is 0 Å². The number of halogens is 1. The van der Waals surface area contributed by atoms with Crippen LogP contribution in [-0.4, -0.2) is 33.1 Å². The predicted octanol–water partition coefficient (Wildman–Crippen LogP) is 2.84. The minimum Gasteiger partial charge on any atom is -0.495 e. The van der Waals surface area contributed by atoms with Crippen LogP contribution in [0.3, 0.4) is 0 Å². The molecule has 1 aromatic carbocycles. The maximum atomic E-state index is 11.8. The lowest BCUT2D eigenvalue weighted by atomic mass is 10.2. The molecule has 0 heterocycles. The van der Waals surface area contributed by atoms with Crippen molar-refractivity contribution >= 4 is 31.5 Å². The Bertz CT molecular complexity index is 559. The van der Waals surface area contributed by atoms with E-state index in [0.29, 0.717) is 0 Å². The molecule has 1 aliphatic carbocycles. The molecule has 0 spiro atoms. The second kappa shape index (κ2) is 5.71. The van der Waals surface area contributed by atoms with Crippen molar-refractivity contribution < 1.29 is 13.2 Å². The standard InChI is InChI=1S/C13H18BrNO3S/c1-18-12-7-6-9(14)8-11(12)15-10-4-3-5-13(10)19(2,16)17/h6-8,10,13,15H,3-5H2,1-2H3. The van der Waals surface area contributed by atoms with Gasteiger partial charge < -0.3 is 10.1 Å². The summed E-state index contributed by atoms with van der Waals surface area (Å²) in [4.78, 5) is 0. The minimum atomic E-state index is -3.02. The van der Waals surface area contributed by atoms with Gasteiger partial charge in [0.25, 0.3) is 0 Å². The number of nitrogens with one attached hydrogen (secondary N) is 1. The van der Waals surface area contributed by atoms with E-state index in [-0.39, 0.29) is 11.3 Å². The fraction of sp³-hybridized carbons (Fsp3) is 0.538. The lowest BCUT2D eigenvalue weighted by Crippen LogP contribution is -2.34. The number of rotatable bonds is 4. The third kappa shape index (κ3) is 3.42. The summed E-state index contributed by atoms with van der Waals surface area (Å²) in [5.41, 5.74) is 0.831. The van der Waals surface area contributed by atoms with Crippen LogP contribution in [0.1, 0.15) is 19.3 Å². The fourth-order valence-electron chi connectivity index (χ4n) is 2.60. The van der Waals surface area contributed by atoms with Gasteiger partial charge in [0.15, 0.2) is 9.84 Å². The molecule has 1 saturated carbocycles. The van der Waals surface area contributed by atoms with Crippen molar-refractivity contribution in [2.75, 3.05) is 18.7 Å². The third-order valence-corrected chi connectivity index (χ3v) is 5.66. The summed E-state index contributed by atoms with van der Waals surface area (Å²) in [6.45, 7) is 0. The summed E-state index contributed by atoms with van der Waals surface area (Å²) in [5, 5.41) is 3.01. The monoisotopic (exact) mass is 347 g/mol. The van der Waals surface area contributed by atoms with E-state index < -0.39 is 9.84 Å². The normalized spacial score (nSPS) is 23.3.